The molecule has 6 heteroatoms. The third kappa shape index (κ3) is 3.26. The Labute approximate surface area is 134 Å². The Kier molecular flexibility index (Phi) is 4.70. The molecule has 3 rings (SSSR count). The van der Waals surface area contributed by atoms with E-state index in [1.807, 2.05) is 48.5 Å². The van der Waals surface area contributed by atoms with Crippen LogP contribution in [0.25, 0.3) is 10.9 Å². The Balaban J connectivity index is 1.78. The average Bonchev–Trinajstić information content (AvgIpc) is 2.60. The van der Waals surface area contributed by atoms with Gasteiger partial charge in [-0.05, 0) is 22.3 Å². The highest BCUT2D eigenvalue weighted by Gasteiger charge is 2.19. The second kappa shape index (κ2) is 6.90. The van der Waals surface area contributed by atoms with Gasteiger partial charge in [0.1, 0.15) is 0 Å². The number of nitrogens with zero attached hydrogens (tertiary/aromatic N) is 2. The Morgan fingerprint density at radius 3 is 2.52 bits per heavy atom. The Morgan fingerprint density at radius 1 is 1.04 bits per heavy atom. The molecule has 2 aromatic carbocycles. The van der Waals surface area contributed by atoms with Gasteiger partial charge in [0.05, 0.1) is 37.7 Å². The van der Waals surface area contributed by atoms with E-state index in [4.69, 9.17) is 4.74 Å². The molecule has 0 amide bonds. The molecule has 3 aromatic rings. The third-order valence-corrected chi connectivity index (χ3v) is 5.26. The summed E-state index contributed by atoms with van der Waals surface area (Å²) in [7, 11) is -0.188. The van der Waals surface area contributed by atoms with E-state index in [1.165, 1.54) is 4.33 Å². The average molecular weight is 329 g/mol. The lowest BCUT2D eigenvalue weighted by Crippen LogP contribution is -2.22. The molecular formula is C17H18N2O3P+. The van der Waals surface area contributed by atoms with Gasteiger partial charge in [0, 0.05) is 0 Å². The zero-order valence-corrected chi connectivity index (χ0v) is 13.8. The largest absolute Gasteiger partial charge is 0.598 e. The summed E-state index contributed by atoms with van der Waals surface area (Å²) in [5, 5.41) is 0.577. The highest BCUT2D eigenvalue weighted by molar-refractivity contribution is 7.28. The lowest BCUT2D eigenvalue weighted by atomic mass is 10.2. The van der Waals surface area contributed by atoms with Gasteiger partial charge < -0.3 is 4.74 Å². The van der Waals surface area contributed by atoms with E-state index in [9.17, 15) is 9.36 Å². The number of rotatable bonds is 5. The van der Waals surface area contributed by atoms with Crippen LogP contribution in [0.2, 0.25) is 0 Å². The van der Waals surface area contributed by atoms with E-state index >= 15 is 0 Å². The molecule has 5 nitrogen and oxygen atoms in total. The van der Waals surface area contributed by atoms with Crippen LogP contribution in [0.15, 0.2) is 59.4 Å². The van der Waals surface area contributed by atoms with Crippen LogP contribution in [0, 0.1) is 0 Å². The Morgan fingerprint density at radius 2 is 1.74 bits per heavy atom. The molecule has 0 aliphatic carbocycles. The maximum absolute atomic E-state index is 12.5. The fourth-order valence-electron chi connectivity index (χ4n) is 2.51. The molecule has 0 radical (unpaired) electrons. The van der Waals surface area contributed by atoms with Gasteiger partial charge in [-0.3, -0.25) is 4.79 Å². The molecule has 0 N–H and O–H groups in total. The van der Waals surface area contributed by atoms with Crippen LogP contribution < -0.4 is 5.56 Å². The van der Waals surface area contributed by atoms with Gasteiger partial charge in [0.15, 0.2) is 0 Å². The SMILES string of the molecule is Cn1c2ccccc2c(=O)n(CCOCc2ccccc2)[p+]1=O. The molecule has 0 spiro atoms. The van der Waals surface area contributed by atoms with E-state index in [0.29, 0.717) is 30.7 Å². The number of para-hydroxylation sites is 1. The zero-order valence-electron chi connectivity index (χ0n) is 12.9. The summed E-state index contributed by atoms with van der Waals surface area (Å²) in [6.07, 6.45) is 0. The van der Waals surface area contributed by atoms with Gasteiger partial charge in [-0.25, -0.2) is 0 Å². The number of fused-ring (bicyclic) bond motifs is 1. The molecule has 0 saturated carbocycles. The van der Waals surface area contributed by atoms with Crippen LogP contribution in [0.3, 0.4) is 0 Å². The predicted molar refractivity (Wildman–Crippen MR) is 90.9 cm³/mol. The van der Waals surface area contributed by atoms with Gasteiger partial charge >= 0.3 is 7.73 Å². The summed E-state index contributed by atoms with van der Waals surface area (Å²) in [5.74, 6) is 0. The minimum atomic E-state index is -1.93. The van der Waals surface area contributed by atoms with Crippen molar-refractivity contribution in [3.8, 4) is 0 Å². The standard InChI is InChI=1S/C17H18N2O3P/c1-18-16-10-6-5-9-15(16)17(20)19(23(18)21)11-12-22-13-14-7-3-2-4-8-14/h2-10H,11-13H2,1H3/q+1. The molecule has 0 fully saturated rings. The van der Waals surface area contributed by atoms with Gasteiger partial charge in [0.25, 0.3) is 5.56 Å². The molecule has 0 saturated heterocycles. The lowest BCUT2D eigenvalue weighted by Gasteiger charge is -2.04. The van der Waals surface area contributed by atoms with E-state index in [-0.39, 0.29) is 5.56 Å². The topological polar surface area (TPSA) is 53.2 Å². The molecule has 0 aliphatic heterocycles. The van der Waals surface area contributed by atoms with Gasteiger partial charge in [-0.2, -0.15) is 0 Å². The smallest absolute Gasteiger partial charge is 0.375 e. The molecule has 23 heavy (non-hydrogen) atoms. The first kappa shape index (κ1) is 15.7. The zero-order chi connectivity index (χ0) is 16.2. The highest BCUT2D eigenvalue weighted by Crippen LogP contribution is 2.18. The van der Waals surface area contributed by atoms with Crippen molar-refractivity contribution in [3.05, 3.63) is 70.5 Å². The summed E-state index contributed by atoms with van der Waals surface area (Å²) >= 11 is 0. The Bertz CT molecular complexity index is 932. The van der Waals surface area contributed by atoms with E-state index in [0.717, 1.165) is 5.56 Å². The first-order chi connectivity index (χ1) is 11.2. The van der Waals surface area contributed by atoms with Crippen molar-refractivity contribution >= 4 is 18.6 Å². The number of ether oxygens (including phenoxy) is 1. The van der Waals surface area contributed by atoms with Crippen molar-refractivity contribution in [1.29, 1.82) is 0 Å². The van der Waals surface area contributed by atoms with Crippen LogP contribution in [-0.4, -0.2) is 15.3 Å². The van der Waals surface area contributed by atoms with E-state index in [2.05, 4.69) is 0 Å². The molecule has 1 unspecified atom stereocenters. The Hall–Kier alpha value is -2.23. The fraction of sp³-hybridized carbons (Fsp3) is 0.235. The van der Waals surface area contributed by atoms with Crippen molar-refractivity contribution in [3.63, 3.8) is 0 Å². The molecule has 0 aliphatic rings. The van der Waals surface area contributed by atoms with Gasteiger partial charge in [-0.15, -0.1) is 8.66 Å². The third-order valence-electron chi connectivity index (χ3n) is 3.74. The predicted octanol–water partition coefficient (Wildman–Crippen LogP) is 3.30. The second-order valence-corrected chi connectivity index (χ2v) is 6.85. The number of benzene rings is 2. The van der Waals surface area contributed by atoms with Gasteiger partial charge in [0.2, 0.25) is 0 Å². The summed E-state index contributed by atoms with van der Waals surface area (Å²) < 4.78 is 21.1. The van der Waals surface area contributed by atoms with Crippen molar-refractivity contribution in [2.45, 2.75) is 13.2 Å². The summed E-state index contributed by atoms with van der Waals surface area (Å²) in [4.78, 5) is 12.5. The van der Waals surface area contributed by atoms with Crippen LogP contribution in [0.5, 0.6) is 0 Å². The van der Waals surface area contributed by atoms with E-state index in [1.54, 1.807) is 17.4 Å². The maximum Gasteiger partial charge on any atom is 0.598 e. The quantitative estimate of drug-likeness (QED) is 0.675. The summed E-state index contributed by atoms with van der Waals surface area (Å²) in [6, 6.07) is 17.0. The van der Waals surface area contributed by atoms with E-state index < -0.39 is 7.73 Å². The monoisotopic (exact) mass is 329 g/mol. The molecule has 118 valence electrons. The molecule has 1 heterocycles. The number of aryl methyl sites for hydroxylation is 1. The first-order valence-corrected chi connectivity index (χ1v) is 8.58. The summed E-state index contributed by atoms with van der Waals surface area (Å²) in [5.41, 5.74) is 1.58. The summed E-state index contributed by atoms with van der Waals surface area (Å²) in [6.45, 7) is 1.13. The molecule has 1 aromatic heterocycles. The van der Waals surface area contributed by atoms with Crippen LogP contribution in [0.4, 0.5) is 0 Å². The van der Waals surface area contributed by atoms with Crippen LogP contribution in [-0.2, 0) is 29.5 Å². The molecule has 0 bridgehead atoms. The molecule has 1 atom stereocenters. The van der Waals surface area contributed by atoms with Crippen molar-refractivity contribution < 1.29 is 9.30 Å². The minimum Gasteiger partial charge on any atom is -0.375 e. The van der Waals surface area contributed by atoms with Crippen molar-refractivity contribution in [1.82, 2.24) is 8.66 Å². The first-order valence-electron chi connectivity index (χ1n) is 7.42. The molecular weight excluding hydrogens is 311 g/mol. The van der Waals surface area contributed by atoms with Crippen LogP contribution >= 0.6 is 7.73 Å². The maximum atomic E-state index is 12.5. The minimum absolute atomic E-state index is 0.205. The normalized spacial score (nSPS) is 11.8. The van der Waals surface area contributed by atoms with Crippen molar-refractivity contribution in [2.24, 2.45) is 7.05 Å². The van der Waals surface area contributed by atoms with Gasteiger partial charge in [-0.1, -0.05) is 42.5 Å². The van der Waals surface area contributed by atoms with Crippen LogP contribution in [0.1, 0.15) is 5.56 Å². The van der Waals surface area contributed by atoms with Crippen molar-refractivity contribution in [2.75, 3.05) is 6.61 Å². The number of hydrogen-bond donors (Lipinski definition) is 0. The number of aromatic nitrogens is 2. The lowest BCUT2D eigenvalue weighted by molar-refractivity contribution is 0.114. The number of hydrogen-bond acceptors (Lipinski definition) is 3. The fourth-order valence-corrected chi connectivity index (χ4v) is 3.71. The second-order valence-electron chi connectivity index (χ2n) is 5.26. The highest BCUT2D eigenvalue weighted by atomic mass is 31.1.